The highest BCUT2D eigenvalue weighted by atomic mass is 79.9. The van der Waals surface area contributed by atoms with E-state index in [4.69, 9.17) is 18.0 Å². The Hall–Kier alpha value is 0.0700. The van der Waals surface area contributed by atoms with E-state index in [1.807, 2.05) is 12.1 Å². The second-order valence-electron chi connectivity index (χ2n) is 2.70. The van der Waals surface area contributed by atoms with Gasteiger partial charge < -0.3 is 5.73 Å². The van der Waals surface area contributed by atoms with Gasteiger partial charge in [0, 0.05) is 15.4 Å². The Morgan fingerprint density at radius 2 is 2.08 bits per heavy atom. The molecule has 0 aliphatic heterocycles. The van der Waals surface area contributed by atoms with Crippen molar-refractivity contribution in [3.63, 3.8) is 0 Å². The topological polar surface area (TPSA) is 26.0 Å². The first-order valence-corrected chi connectivity index (χ1v) is 5.81. The fraction of sp³-hybridized carbons (Fsp3) is 0.222. The van der Waals surface area contributed by atoms with Crippen LogP contribution in [0.25, 0.3) is 0 Å². The lowest BCUT2D eigenvalue weighted by Crippen LogP contribution is -2.08. The third kappa shape index (κ3) is 3.75. The maximum absolute atomic E-state index is 5.43. The molecule has 1 rings (SSSR count). The van der Waals surface area contributed by atoms with Crippen LogP contribution in [0.4, 0.5) is 0 Å². The standard InChI is InChI=1S/C9H9Br2NS/c10-7-2-3-8(11)6(5-7)1-4-9(12)13/h2-3,5H,1,4H2,(H2,12,13). The van der Waals surface area contributed by atoms with Crippen LogP contribution < -0.4 is 5.73 Å². The molecule has 0 atom stereocenters. The molecular weight excluding hydrogens is 314 g/mol. The van der Waals surface area contributed by atoms with Crippen LogP contribution >= 0.6 is 44.1 Å². The minimum Gasteiger partial charge on any atom is -0.393 e. The van der Waals surface area contributed by atoms with E-state index < -0.39 is 0 Å². The van der Waals surface area contributed by atoms with E-state index in [2.05, 4.69) is 37.9 Å². The predicted octanol–water partition coefficient (Wildman–Crippen LogP) is 3.43. The van der Waals surface area contributed by atoms with Crippen molar-refractivity contribution in [1.82, 2.24) is 0 Å². The van der Waals surface area contributed by atoms with Gasteiger partial charge in [0.1, 0.15) is 0 Å². The molecule has 0 amide bonds. The van der Waals surface area contributed by atoms with Gasteiger partial charge in [0.2, 0.25) is 0 Å². The van der Waals surface area contributed by atoms with Crippen LogP contribution in [-0.2, 0) is 6.42 Å². The summed E-state index contributed by atoms with van der Waals surface area (Å²) < 4.78 is 2.18. The van der Waals surface area contributed by atoms with Gasteiger partial charge in [0.05, 0.1) is 4.99 Å². The number of benzene rings is 1. The predicted molar refractivity (Wildman–Crippen MR) is 66.9 cm³/mol. The maximum Gasteiger partial charge on any atom is 0.0730 e. The second-order valence-corrected chi connectivity index (χ2v) is 5.00. The molecule has 2 N–H and O–H groups in total. The van der Waals surface area contributed by atoms with E-state index in [1.165, 1.54) is 5.56 Å². The molecule has 0 bridgehead atoms. The van der Waals surface area contributed by atoms with Gasteiger partial charge in [0.15, 0.2) is 0 Å². The van der Waals surface area contributed by atoms with E-state index in [-0.39, 0.29) is 0 Å². The molecule has 1 aromatic carbocycles. The first-order valence-electron chi connectivity index (χ1n) is 3.82. The Morgan fingerprint density at radius 3 is 2.69 bits per heavy atom. The van der Waals surface area contributed by atoms with E-state index in [0.717, 1.165) is 21.8 Å². The smallest absolute Gasteiger partial charge is 0.0730 e. The van der Waals surface area contributed by atoms with Crippen LogP contribution in [0.5, 0.6) is 0 Å². The van der Waals surface area contributed by atoms with Gasteiger partial charge in [-0.15, -0.1) is 0 Å². The van der Waals surface area contributed by atoms with Crippen molar-refractivity contribution < 1.29 is 0 Å². The van der Waals surface area contributed by atoms with E-state index in [9.17, 15) is 0 Å². The fourth-order valence-electron chi connectivity index (χ4n) is 0.993. The van der Waals surface area contributed by atoms with Crippen LogP contribution in [0.3, 0.4) is 0 Å². The fourth-order valence-corrected chi connectivity index (χ4v) is 1.95. The Bertz CT molecular complexity index is 325. The van der Waals surface area contributed by atoms with Crippen molar-refractivity contribution in [2.45, 2.75) is 12.8 Å². The van der Waals surface area contributed by atoms with Crippen LogP contribution in [0.1, 0.15) is 12.0 Å². The zero-order valence-electron chi connectivity index (χ0n) is 6.89. The first kappa shape index (κ1) is 11.1. The molecule has 0 aromatic heterocycles. The minimum absolute atomic E-state index is 0.562. The molecule has 0 aliphatic rings. The maximum atomic E-state index is 5.43. The number of thiocarbonyl (C=S) groups is 1. The number of hydrogen-bond donors (Lipinski definition) is 1. The summed E-state index contributed by atoms with van der Waals surface area (Å²) in [5, 5.41) is 0. The highest BCUT2D eigenvalue weighted by Crippen LogP contribution is 2.22. The Labute approximate surface area is 100.0 Å². The van der Waals surface area contributed by atoms with Crippen molar-refractivity contribution in [2.75, 3.05) is 0 Å². The summed E-state index contributed by atoms with van der Waals surface area (Å²) in [6.07, 6.45) is 1.64. The SMILES string of the molecule is NC(=S)CCc1cc(Br)ccc1Br. The zero-order chi connectivity index (χ0) is 9.84. The summed E-state index contributed by atoms with van der Waals surface area (Å²) >= 11 is 11.7. The Kier molecular flexibility index (Phi) is 4.35. The summed E-state index contributed by atoms with van der Waals surface area (Å²) in [4.78, 5) is 0.562. The Balaban J connectivity index is 2.75. The van der Waals surface area contributed by atoms with Crippen molar-refractivity contribution >= 4 is 49.1 Å². The van der Waals surface area contributed by atoms with Crippen LogP contribution in [-0.4, -0.2) is 4.99 Å². The number of rotatable bonds is 3. The van der Waals surface area contributed by atoms with Gasteiger partial charge in [-0.1, -0.05) is 44.1 Å². The van der Waals surface area contributed by atoms with Crippen LogP contribution in [0.15, 0.2) is 27.1 Å². The molecule has 0 heterocycles. The average Bonchev–Trinajstić information content (AvgIpc) is 2.06. The van der Waals surface area contributed by atoms with E-state index in [0.29, 0.717) is 4.99 Å². The summed E-state index contributed by atoms with van der Waals surface area (Å²) in [5.74, 6) is 0. The van der Waals surface area contributed by atoms with Crippen LogP contribution in [0.2, 0.25) is 0 Å². The summed E-state index contributed by atoms with van der Waals surface area (Å²) in [6.45, 7) is 0. The van der Waals surface area contributed by atoms with Gasteiger partial charge in [-0.05, 0) is 30.2 Å². The van der Waals surface area contributed by atoms with Gasteiger partial charge in [0.25, 0.3) is 0 Å². The van der Waals surface area contributed by atoms with Gasteiger partial charge in [-0.3, -0.25) is 0 Å². The lowest BCUT2D eigenvalue weighted by Gasteiger charge is -2.03. The lowest BCUT2D eigenvalue weighted by molar-refractivity contribution is 1.03. The number of halogens is 2. The highest BCUT2D eigenvalue weighted by Gasteiger charge is 2.01. The van der Waals surface area contributed by atoms with Crippen molar-refractivity contribution in [2.24, 2.45) is 5.73 Å². The average molecular weight is 323 g/mol. The highest BCUT2D eigenvalue weighted by molar-refractivity contribution is 9.11. The van der Waals surface area contributed by atoms with Crippen LogP contribution in [0, 0.1) is 0 Å². The third-order valence-corrected chi connectivity index (χ3v) is 3.12. The molecule has 1 nitrogen and oxygen atoms in total. The molecule has 0 saturated heterocycles. The number of nitrogens with two attached hydrogens (primary N) is 1. The normalized spacial score (nSPS) is 10.0. The third-order valence-electron chi connectivity index (χ3n) is 1.65. The molecular formula is C9H9Br2NS. The zero-order valence-corrected chi connectivity index (χ0v) is 10.9. The van der Waals surface area contributed by atoms with Crippen molar-refractivity contribution in [3.8, 4) is 0 Å². The summed E-state index contributed by atoms with van der Waals surface area (Å²) in [7, 11) is 0. The Morgan fingerprint density at radius 1 is 1.38 bits per heavy atom. The second kappa shape index (κ2) is 5.08. The monoisotopic (exact) mass is 321 g/mol. The molecule has 1 aromatic rings. The number of aryl methyl sites for hydroxylation is 1. The molecule has 0 fully saturated rings. The molecule has 0 aliphatic carbocycles. The van der Waals surface area contributed by atoms with E-state index in [1.54, 1.807) is 0 Å². The first-order chi connectivity index (χ1) is 6.09. The molecule has 13 heavy (non-hydrogen) atoms. The van der Waals surface area contributed by atoms with E-state index >= 15 is 0 Å². The lowest BCUT2D eigenvalue weighted by atomic mass is 10.1. The molecule has 4 heteroatoms. The van der Waals surface area contributed by atoms with Crippen molar-refractivity contribution in [1.29, 1.82) is 0 Å². The van der Waals surface area contributed by atoms with Gasteiger partial charge in [-0.2, -0.15) is 0 Å². The molecule has 0 unspecified atom stereocenters. The molecule has 0 radical (unpaired) electrons. The summed E-state index contributed by atoms with van der Waals surface area (Å²) in [5.41, 5.74) is 6.66. The molecule has 0 saturated carbocycles. The number of hydrogen-bond acceptors (Lipinski definition) is 1. The van der Waals surface area contributed by atoms with Gasteiger partial charge >= 0.3 is 0 Å². The quantitative estimate of drug-likeness (QED) is 0.863. The molecule has 70 valence electrons. The molecule has 0 spiro atoms. The largest absolute Gasteiger partial charge is 0.393 e. The van der Waals surface area contributed by atoms with Gasteiger partial charge in [-0.25, -0.2) is 0 Å². The minimum atomic E-state index is 0.562. The summed E-state index contributed by atoms with van der Waals surface area (Å²) in [6, 6.07) is 6.08. The van der Waals surface area contributed by atoms with Crippen molar-refractivity contribution in [3.05, 3.63) is 32.7 Å².